The predicted octanol–water partition coefficient (Wildman–Crippen LogP) is 2.50. The lowest BCUT2D eigenvalue weighted by Crippen LogP contribution is -2.30. The maximum atomic E-state index is 11.7. The van der Waals surface area contributed by atoms with Gasteiger partial charge in [0.2, 0.25) is 0 Å². The van der Waals surface area contributed by atoms with Crippen LogP contribution in [0.1, 0.15) is 16.1 Å². The Morgan fingerprint density at radius 1 is 1.35 bits per heavy atom. The smallest absolute Gasteiger partial charge is 0.257 e. The molecule has 106 valence electrons. The van der Waals surface area contributed by atoms with E-state index in [1.54, 1.807) is 11.3 Å². The van der Waals surface area contributed by atoms with Crippen molar-refractivity contribution in [2.75, 3.05) is 13.2 Å². The fourth-order valence-corrected chi connectivity index (χ4v) is 2.58. The van der Waals surface area contributed by atoms with Crippen LogP contribution in [0.2, 0.25) is 0 Å². The topological polar surface area (TPSA) is 51.2 Å². The van der Waals surface area contributed by atoms with E-state index in [0.29, 0.717) is 6.54 Å². The van der Waals surface area contributed by atoms with Crippen LogP contribution >= 0.6 is 11.3 Å². The van der Waals surface area contributed by atoms with Crippen LogP contribution in [0.5, 0.6) is 5.75 Å². The van der Waals surface area contributed by atoms with Gasteiger partial charge in [-0.2, -0.15) is 0 Å². The number of thiazole rings is 1. The number of nitrogens with zero attached hydrogens (tertiary/aromatic N) is 1. The molecule has 0 aliphatic heterocycles. The minimum Gasteiger partial charge on any atom is -0.484 e. The lowest BCUT2D eigenvalue weighted by atomic mass is 10.2. The molecule has 2 aromatic rings. The Morgan fingerprint density at radius 3 is 2.85 bits per heavy atom. The Labute approximate surface area is 122 Å². The van der Waals surface area contributed by atoms with Gasteiger partial charge >= 0.3 is 0 Å². The van der Waals surface area contributed by atoms with Gasteiger partial charge in [-0.25, -0.2) is 4.98 Å². The molecule has 0 fully saturated rings. The number of ether oxygens (including phenoxy) is 1. The van der Waals surface area contributed by atoms with Crippen LogP contribution in [0.4, 0.5) is 0 Å². The van der Waals surface area contributed by atoms with Crippen LogP contribution < -0.4 is 10.1 Å². The third-order valence-electron chi connectivity index (χ3n) is 2.97. The van der Waals surface area contributed by atoms with E-state index >= 15 is 0 Å². The molecule has 0 aliphatic rings. The van der Waals surface area contributed by atoms with Gasteiger partial charge in [-0.05, 0) is 25.5 Å². The van der Waals surface area contributed by atoms with E-state index in [2.05, 4.69) is 10.3 Å². The molecule has 0 atom stereocenters. The summed E-state index contributed by atoms with van der Waals surface area (Å²) in [7, 11) is 0. The molecule has 1 aromatic heterocycles. The predicted molar refractivity (Wildman–Crippen MR) is 80.2 cm³/mol. The number of nitrogens with one attached hydrogen (secondary N) is 1. The van der Waals surface area contributed by atoms with E-state index in [1.165, 1.54) is 4.88 Å². The van der Waals surface area contributed by atoms with Crippen molar-refractivity contribution in [1.82, 2.24) is 10.3 Å². The Balaban J connectivity index is 1.71. The molecule has 0 unspecified atom stereocenters. The van der Waals surface area contributed by atoms with Gasteiger partial charge in [0.05, 0.1) is 11.2 Å². The van der Waals surface area contributed by atoms with Crippen molar-refractivity contribution in [2.24, 2.45) is 0 Å². The standard InChI is InChI=1S/C15H18N2O2S/c1-11-5-3-4-6-13(11)19-9-15(18)16-8-7-14-12(2)17-10-20-14/h3-6,10H,7-9H2,1-2H3,(H,16,18). The average molecular weight is 290 g/mol. The molecule has 1 N–H and O–H groups in total. The highest BCUT2D eigenvalue weighted by Gasteiger charge is 2.05. The second-order valence-electron chi connectivity index (χ2n) is 4.52. The van der Waals surface area contributed by atoms with Crippen molar-refractivity contribution >= 4 is 17.2 Å². The highest BCUT2D eigenvalue weighted by molar-refractivity contribution is 7.09. The van der Waals surface area contributed by atoms with E-state index in [9.17, 15) is 4.79 Å². The van der Waals surface area contributed by atoms with Crippen LogP contribution in [-0.2, 0) is 11.2 Å². The minimum absolute atomic E-state index is 0.0481. The first-order chi connectivity index (χ1) is 9.66. The Bertz CT molecular complexity index is 581. The van der Waals surface area contributed by atoms with Gasteiger partial charge in [0.1, 0.15) is 5.75 Å². The summed E-state index contributed by atoms with van der Waals surface area (Å²) in [5.41, 5.74) is 3.90. The summed E-state index contributed by atoms with van der Waals surface area (Å²) in [4.78, 5) is 17.1. The maximum Gasteiger partial charge on any atom is 0.257 e. The summed E-state index contributed by atoms with van der Waals surface area (Å²) in [5.74, 6) is 0.649. The zero-order valence-corrected chi connectivity index (χ0v) is 12.5. The van der Waals surface area contributed by atoms with Crippen molar-refractivity contribution in [3.05, 3.63) is 45.9 Å². The van der Waals surface area contributed by atoms with E-state index in [-0.39, 0.29) is 12.5 Å². The van der Waals surface area contributed by atoms with Crippen LogP contribution in [0, 0.1) is 13.8 Å². The number of amides is 1. The van der Waals surface area contributed by atoms with Crippen LogP contribution in [0.3, 0.4) is 0 Å². The number of para-hydroxylation sites is 1. The first-order valence-electron chi connectivity index (χ1n) is 6.51. The van der Waals surface area contributed by atoms with Crippen LogP contribution in [0.25, 0.3) is 0 Å². The zero-order valence-electron chi connectivity index (χ0n) is 11.7. The molecule has 0 spiro atoms. The number of aromatic nitrogens is 1. The van der Waals surface area contributed by atoms with Gasteiger partial charge < -0.3 is 10.1 Å². The fourth-order valence-electron chi connectivity index (χ4n) is 1.79. The molecule has 0 aliphatic carbocycles. The monoisotopic (exact) mass is 290 g/mol. The number of carbonyl (C=O) groups is 1. The Hall–Kier alpha value is -1.88. The lowest BCUT2D eigenvalue weighted by Gasteiger charge is -2.09. The number of hydrogen-bond donors (Lipinski definition) is 1. The van der Waals surface area contributed by atoms with Crippen molar-refractivity contribution < 1.29 is 9.53 Å². The van der Waals surface area contributed by atoms with Gasteiger partial charge in [-0.15, -0.1) is 11.3 Å². The van der Waals surface area contributed by atoms with E-state index < -0.39 is 0 Å². The lowest BCUT2D eigenvalue weighted by molar-refractivity contribution is -0.123. The molecule has 0 bridgehead atoms. The van der Waals surface area contributed by atoms with Gasteiger partial charge in [0, 0.05) is 17.8 Å². The van der Waals surface area contributed by atoms with Crippen molar-refractivity contribution in [3.63, 3.8) is 0 Å². The first-order valence-corrected chi connectivity index (χ1v) is 7.39. The summed E-state index contributed by atoms with van der Waals surface area (Å²) in [6.45, 7) is 4.60. The summed E-state index contributed by atoms with van der Waals surface area (Å²) < 4.78 is 5.49. The molecule has 0 saturated carbocycles. The number of aryl methyl sites for hydroxylation is 2. The molecule has 1 aromatic carbocycles. The minimum atomic E-state index is -0.101. The van der Waals surface area contributed by atoms with Crippen molar-refractivity contribution in [2.45, 2.75) is 20.3 Å². The molecule has 20 heavy (non-hydrogen) atoms. The molecular formula is C15H18N2O2S. The van der Waals surface area contributed by atoms with Crippen molar-refractivity contribution in [3.8, 4) is 5.75 Å². The summed E-state index contributed by atoms with van der Waals surface area (Å²) in [6, 6.07) is 7.66. The largest absolute Gasteiger partial charge is 0.484 e. The summed E-state index contributed by atoms with van der Waals surface area (Å²) in [6.07, 6.45) is 0.812. The van der Waals surface area contributed by atoms with Gasteiger partial charge in [-0.3, -0.25) is 4.79 Å². The fraction of sp³-hybridized carbons (Fsp3) is 0.333. The van der Waals surface area contributed by atoms with E-state index in [0.717, 1.165) is 23.4 Å². The third-order valence-corrected chi connectivity index (χ3v) is 3.97. The van der Waals surface area contributed by atoms with Gasteiger partial charge in [0.15, 0.2) is 6.61 Å². The van der Waals surface area contributed by atoms with Crippen molar-refractivity contribution in [1.29, 1.82) is 0 Å². The second kappa shape index (κ2) is 7.05. The number of benzene rings is 1. The first kappa shape index (κ1) is 14.5. The Morgan fingerprint density at radius 2 is 2.15 bits per heavy atom. The number of hydrogen-bond acceptors (Lipinski definition) is 4. The van der Waals surface area contributed by atoms with Crippen LogP contribution in [-0.4, -0.2) is 24.0 Å². The normalized spacial score (nSPS) is 10.3. The number of rotatable bonds is 6. The molecular weight excluding hydrogens is 272 g/mol. The maximum absolute atomic E-state index is 11.7. The summed E-state index contributed by atoms with van der Waals surface area (Å²) in [5, 5.41) is 2.85. The van der Waals surface area contributed by atoms with Gasteiger partial charge in [-0.1, -0.05) is 18.2 Å². The Kier molecular flexibility index (Phi) is 5.12. The molecule has 1 amide bonds. The average Bonchev–Trinajstić information content (AvgIpc) is 2.84. The molecule has 4 nitrogen and oxygen atoms in total. The van der Waals surface area contributed by atoms with Crippen LogP contribution in [0.15, 0.2) is 29.8 Å². The quantitative estimate of drug-likeness (QED) is 0.889. The molecule has 1 heterocycles. The zero-order chi connectivity index (χ0) is 14.4. The molecule has 5 heteroatoms. The molecule has 2 rings (SSSR count). The SMILES string of the molecule is Cc1ccccc1OCC(=O)NCCc1scnc1C. The van der Waals surface area contributed by atoms with E-state index in [1.807, 2.05) is 43.6 Å². The highest BCUT2D eigenvalue weighted by atomic mass is 32.1. The summed E-state index contributed by atoms with van der Waals surface area (Å²) >= 11 is 1.62. The number of carbonyl (C=O) groups excluding carboxylic acids is 1. The third kappa shape index (κ3) is 4.06. The second-order valence-corrected chi connectivity index (χ2v) is 5.45. The molecule has 0 saturated heterocycles. The van der Waals surface area contributed by atoms with E-state index in [4.69, 9.17) is 4.74 Å². The van der Waals surface area contributed by atoms with Gasteiger partial charge in [0.25, 0.3) is 5.91 Å². The molecule has 0 radical (unpaired) electrons. The highest BCUT2D eigenvalue weighted by Crippen LogP contribution is 2.15.